The molecule has 0 aliphatic rings. The first-order chi connectivity index (χ1) is 8.05. The summed E-state index contributed by atoms with van der Waals surface area (Å²) in [6, 6.07) is 0. The van der Waals surface area contributed by atoms with Gasteiger partial charge in [-0.3, -0.25) is 4.79 Å². The molecule has 0 atom stereocenters. The minimum absolute atomic E-state index is 0.334. The normalized spacial score (nSPS) is 12.6. The lowest BCUT2D eigenvalue weighted by Gasteiger charge is -2.24. The fourth-order valence-corrected chi connectivity index (χ4v) is 1.99. The van der Waals surface area contributed by atoms with Crippen LogP contribution in [-0.4, -0.2) is 34.9 Å². The minimum atomic E-state index is -5.89. The maximum Gasteiger partial charge on any atom is 0.463 e. The highest BCUT2D eigenvalue weighted by atomic mass is 32.1. The smallest absolute Gasteiger partial charge is 0.335 e. The molecule has 0 saturated carbocycles. The topological polar surface area (TPSA) is 33.2 Å². The van der Waals surface area contributed by atoms with Gasteiger partial charge in [0, 0.05) is 18.1 Å². The van der Waals surface area contributed by atoms with Crippen molar-refractivity contribution in [2.75, 3.05) is 7.05 Å². The van der Waals surface area contributed by atoms with Gasteiger partial charge in [-0.1, -0.05) is 0 Å². The monoisotopic (exact) mass is 288 g/mol. The van der Waals surface area contributed by atoms with E-state index >= 15 is 0 Å². The summed E-state index contributed by atoms with van der Waals surface area (Å²) in [5.74, 6) is -7.65. The summed E-state index contributed by atoms with van der Waals surface area (Å²) in [5, 5.41) is 0.633. The van der Waals surface area contributed by atoms with Crippen LogP contribution >= 0.6 is 11.3 Å². The summed E-state index contributed by atoms with van der Waals surface area (Å²) in [7, 11) is 0.886. The Kier molecular flexibility index (Phi) is 3.94. The van der Waals surface area contributed by atoms with Gasteiger partial charge in [0.05, 0.1) is 11.6 Å². The zero-order valence-corrected chi connectivity index (χ0v) is 10.2. The summed E-state index contributed by atoms with van der Waals surface area (Å²) < 4.78 is 61.4. The number of nitrogens with zero attached hydrogens (tertiary/aromatic N) is 2. The molecule has 0 radical (unpaired) electrons. The molecule has 102 valence electrons. The second-order valence-electron chi connectivity index (χ2n) is 3.58. The summed E-state index contributed by atoms with van der Waals surface area (Å²) in [4.78, 5) is 15.6. The third-order valence-corrected chi connectivity index (χ3v) is 2.93. The Hall–Kier alpha value is -1.25. The van der Waals surface area contributed by atoms with Crippen molar-refractivity contribution >= 4 is 17.2 Å². The van der Waals surface area contributed by atoms with Crippen LogP contribution in [-0.2, 0) is 11.3 Å². The number of carbonyl (C=O) groups is 1. The standard InChI is InChI=1S/C9H9F5N2OS/c1-5-15-3-6(18-5)4-16(2)7(17)8(10,11)9(12,13)14/h3H,4H2,1-2H3. The first kappa shape index (κ1) is 14.8. The average Bonchev–Trinajstić information content (AvgIpc) is 2.61. The van der Waals surface area contributed by atoms with Crippen molar-refractivity contribution in [3.63, 3.8) is 0 Å². The molecule has 0 spiro atoms. The molecule has 0 N–H and O–H groups in total. The van der Waals surface area contributed by atoms with Crippen molar-refractivity contribution in [1.82, 2.24) is 9.88 Å². The molecule has 0 aliphatic heterocycles. The molecule has 0 aliphatic carbocycles. The SMILES string of the molecule is Cc1ncc(CN(C)C(=O)C(F)(F)C(F)(F)F)s1. The number of aryl methyl sites for hydroxylation is 1. The van der Waals surface area contributed by atoms with Crippen LogP contribution in [0.4, 0.5) is 22.0 Å². The van der Waals surface area contributed by atoms with Crippen LogP contribution in [0.15, 0.2) is 6.20 Å². The molecule has 3 nitrogen and oxygen atoms in total. The lowest BCUT2D eigenvalue weighted by Crippen LogP contribution is -2.50. The van der Waals surface area contributed by atoms with Crippen LogP contribution in [0, 0.1) is 6.92 Å². The molecule has 0 bridgehead atoms. The molecule has 1 aromatic rings. The van der Waals surface area contributed by atoms with Gasteiger partial charge in [0.25, 0.3) is 0 Å². The highest BCUT2D eigenvalue weighted by Gasteiger charge is 2.64. The molecule has 1 heterocycles. The van der Waals surface area contributed by atoms with Gasteiger partial charge < -0.3 is 4.90 Å². The van der Waals surface area contributed by atoms with Gasteiger partial charge in [0.2, 0.25) is 0 Å². The number of rotatable bonds is 3. The fraction of sp³-hybridized carbons (Fsp3) is 0.556. The van der Waals surface area contributed by atoms with Crippen LogP contribution < -0.4 is 0 Å². The molecule has 18 heavy (non-hydrogen) atoms. The summed E-state index contributed by atoms with van der Waals surface area (Å²) in [5.41, 5.74) is 0. The third kappa shape index (κ3) is 2.95. The number of carbonyl (C=O) groups excluding carboxylic acids is 1. The highest BCUT2D eigenvalue weighted by molar-refractivity contribution is 7.11. The van der Waals surface area contributed by atoms with Gasteiger partial charge in [0.15, 0.2) is 0 Å². The van der Waals surface area contributed by atoms with E-state index in [0.717, 1.165) is 18.4 Å². The molecule has 1 amide bonds. The Labute approximate surface area is 103 Å². The van der Waals surface area contributed by atoms with Crippen molar-refractivity contribution in [3.05, 3.63) is 16.1 Å². The predicted molar refractivity (Wildman–Crippen MR) is 54.3 cm³/mol. The van der Waals surface area contributed by atoms with Crippen LogP contribution in [0.1, 0.15) is 9.88 Å². The Balaban J connectivity index is 2.79. The summed E-state index contributed by atoms with van der Waals surface area (Å²) >= 11 is 1.12. The number of alkyl halides is 5. The number of aromatic nitrogens is 1. The van der Waals surface area contributed by atoms with Crippen LogP contribution in [0.2, 0.25) is 0 Å². The van der Waals surface area contributed by atoms with Crippen molar-refractivity contribution in [2.24, 2.45) is 0 Å². The second-order valence-corrected chi connectivity index (χ2v) is 4.90. The largest absolute Gasteiger partial charge is 0.463 e. The van der Waals surface area contributed by atoms with E-state index in [0.29, 0.717) is 14.8 Å². The molecule has 9 heteroatoms. The molecule has 0 unspecified atom stereocenters. The predicted octanol–water partition coefficient (Wildman–Crippen LogP) is 2.61. The summed E-state index contributed by atoms with van der Waals surface area (Å²) in [6.07, 6.45) is -4.56. The number of amides is 1. The maximum absolute atomic E-state index is 12.8. The lowest BCUT2D eigenvalue weighted by molar-refractivity contribution is -0.274. The quantitative estimate of drug-likeness (QED) is 0.801. The molecular weight excluding hydrogens is 279 g/mol. The van der Waals surface area contributed by atoms with E-state index < -0.39 is 18.0 Å². The Bertz CT molecular complexity index is 442. The van der Waals surface area contributed by atoms with Crippen LogP contribution in [0.3, 0.4) is 0 Å². The van der Waals surface area contributed by atoms with Crippen LogP contribution in [0.25, 0.3) is 0 Å². The molecule has 1 aromatic heterocycles. The number of hydrogen-bond acceptors (Lipinski definition) is 3. The van der Waals surface area contributed by atoms with Gasteiger partial charge in [-0.15, -0.1) is 11.3 Å². The van der Waals surface area contributed by atoms with E-state index in [4.69, 9.17) is 0 Å². The van der Waals surface area contributed by atoms with Crippen molar-refractivity contribution in [3.8, 4) is 0 Å². The van der Waals surface area contributed by atoms with Crippen molar-refractivity contribution in [1.29, 1.82) is 0 Å². The van der Waals surface area contributed by atoms with E-state index in [9.17, 15) is 26.7 Å². The maximum atomic E-state index is 12.8. The first-order valence-corrected chi connectivity index (χ1v) is 5.48. The molecule has 1 rings (SSSR count). The first-order valence-electron chi connectivity index (χ1n) is 4.67. The molecular formula is C9H9F5N2OS. The zero-order valence-electron chi connectivity index (χ0n) is 9.39. The van der Waals surface area contributed by atoms with Gasteiger partial charge in [-0.05, 0) is 6.92 Å². The van der Waals surface area contributed by atoms with E-state index in [1.54, 1.807) is 6.92 Å². The molecule has 0 saturated heterocycles. The van der Waals surface area contributed by atoms with Gasteiger partial charge >= 0.3 is 18.0 Å². The number of hydrogen-bond donors (Lipinski definition) is 0. The second kappa shape index (κ2) is 4.79. The Morgan fingerprint density at radius 1 is 1.39 bits per heavy atom. The number of halogens is 5. The number of thiazole rings is 1. The van der Waals surface area contributed by atoms with E-state index in [1.165, 1.54) is 6.20 Å². The van der Waals surface area contributed by atoms with E-state index in [2.05, 4.69) is 4.98 Å². The fourth-order valence-electron chi connectivity index (χ4n) is 1.14. The molecule has 0 fully saturated rings. The Morgan fingerprint density at radius 3 is 2.33 bits per heavy atom. The third-order valence-electron chi connectivity index (χ3n) is 2.03. The zero-order chi connectivity index (χ0) is 14.1. The van der Waals surface area contributed by atoms with Crippen LogP contribution in [0.5, 0.6) is 0 Å². The average molecular weight is 288 g/mol. The van der Waals surface area contributed by atoms with Gasteiger partial charge in [-0.2, -0.15) is 22.0 Å². The Morgan fingerprint density at radius 2 is 1.94 bits per heavy atom. The van der Waals surface area contributed by atoms with Crippen molar-refractivity contribution < 1.29 is 26.7 Å². The van der Waals surface area contributed by atoms with Gasteiger partial charge in [0.1, 0.15) is 0 Å². The lowest BCUT2D eigenvalue weighted by atomic mass is 10.3. The van der Waals surface area contributed by atoms with Crippen molar-refractivity contribution in [2.45, 2.75) is 25.6 Å². The van der Waals surface area contributed by atoms with E-state index in [-0.39, 0.29) is 6.54 Å². The minimum Gasteiger partial charge on any atom is -0.335 e. The summed E-state index contributed by atoms with van der Waals surface area (Å²) in [6.45, 7) is 1.32. The molecule has 0 aromatic carbocycles. The highest BCUT2D eigenvalue weighted by Crippen LogP contribution is 2.36. The van der Waals surface area contributed by atoms with E-state index in [1.807, 2.05) is 0 Å². The van der Waals surface area contributed by atoms with Gasteiger partial charge in [-0.25, -0.2) is 4.98 Å².